The Morgan fingerprint density at radius 1 is 1.04 bits per heavy atom. The number of aryl methyl sites for hydroxylation is 1. The molecule has 0 saturated heterocycles. The molecule has 3 rings (SSSR count). The highest BCUT2D eigenvalue weighted by atomic mass is 16.5. The molecule has 0 saturated carbocycles. The Balaban J connectivity index is 1.65. The number of carbonyl (C=O) groups is 2. The van der Waals surface area contributed by atoms with Crippen LogP contribution in [0.4, 0.5) is 0 Å². The minimum Gasteiger partial charge on any atom is -0.451 e. The summed E-state index contributed by atoms with van der Waals surface area (Å²) in [6, 6.07) is 14.1. The summed E-state index contributed by atoms with van der Waals surface area (Å²) in [5, 5.41) is 4.02. The molecule has 0 unspecified atom stereocenters. The van der Waals surface area contributed by atoms with Gasteiger partial charge < -0.3 is 4.74 Å². The van der Waals surface area contributed by atoms with Gasteiger partial charge >= 0.3 is 5.97 Å². The lowest BCUT2D eigenvalue weighted by Gasteiger charge is -2.13. The molecule has 2 aromatic carbocycles. The fraction of sp³-hybridized carbons (Fsp3) is 0.200. The number of esters is 1. The van der Waals surface area contributed by atoms with Gasteiger partial charge in [-0.3, -0.25) is 4.79 Å². The zero-order chi connectivity index (χ0) is 18.5. The average Bonchev–Trinajstić information content (AvgIpc) is 3.22. The van der Waals surface area contributed by atoms with E-state index in [2.05, 4.69) is 17.0 Å². The number of ketones is 1. The number of hydrogen-bond donors (Lipinski definition) is 0. The SMILES string of the molecule is CCc1ccc(C(=O)[C@H](C)OC(=O)c2ccc(-n3cncn3)cc2)cc1. The molecular formula is C20H19N3O3. The summed E-state index contributed by atoms with van der Waals surface area (Å²) in [5.74, 6) is -0.763. The van der Waals surface area contributed by atoms with E-state index >= 15 is 0 Å². The number of ether oxygens (including phenoxy) is 1. The number of nitrogens with zero attached hydrogens (tertiary/aromatic N) is 3. The smallest absolute Gasteiger partial charge is 0.338 e. The van der Waals surface area contributed by atoms with Gasteiger partial charge in [-0.2, -0.15) is 5.10 Å². The maximum atomic E-state index is 12.4. The Kier molecular flexibility index (Phi) is 5.22. The van der Waals surface area contributed by atoms with E-state index in [1.807, 2.05) is 12.1 Å². The van der Waals surface area contributed by atoms with E-state index in [9.17, 15) is 9.59 Å². The number of hydrogen-bond acceptors (Lipinski definition) is 5. The highest BCUT2D eigenvalue weighted by Gasteiger charge is 2.20. The van der Waals surface area contributed by atoms with Crippen LogP contribution in [-0.2, 0) is 11.2 Å². The van der Waals surface area contributed by atoms with Gasteiger partial charge in [0, 0.05) is 5.56 Å². The Morgan fingerprint density at radius 3 is 2.27 bits per heavy atom. The van der Waals surface area contributed by atoms with Crippen LogP contribution in [0.2, 0.25) is 0 Å². The Morgan fingerprint density at radius 2 is 1.69 bits per heavy atom. The minimum absolute atomic E-state index is 0.222. The first-order chi connectivity index (χ1) is 12.6. The number of aromatic nitrogens is 3. The zero-order valence-electron chi connectivity index (χ0n) is 14.6. The maximum absolute atomic E-state index is 12.4. The minimum atomic E-state index is -0.857. The van der Waals surface area contributed by atoms with E-state index in [-0.39, 0.29) is 5.78 Å². The standard InChI is InChI=1S/C20H19N3O3/c1-3-15-4-6-16(7-5-15)19(24)14(2)26-20(25)17-8-10-18(11-9-17)23-13-21-12-22-23/h4-14H,3H2,1-2H3/t14-/m0/s1. The molecule has 132 valence electrons. The van der Waals surface area contributed by atoms with Gasteiger partial charge in [-0.05, 0) is 43.2 Å². The molecular weight excluding hydrogens is 330 g/mol. The van der Waals surface area contributed by atoms with Crippen LogP contribution >= 0.6 is 0 Å². The lowest BCUT2D eigenvalue weighted by molar-refractivity contribution is 0.0319. The molecule has 6 heteroatoms. The molecule has 0 radical (unpaired) electrons. The van der Waals surface area contributed by atoms with Gasteiger partial charge in [-0.25, -0.2) is 14.5 Å². The topological polar surface area (TPSA) is 74.1 Å². The third-order valence-electron chi connectivity index (χ3n) is 4.09. The lowest BCUT2D eigenvalue weighted by atomic mass is 10.0. The van der Waals surface area contributed by atoms with E-state index in [1.54, 1.807) is 54.3 Å². The van der Waals surface area contributed by atoms with Crippen LogP contribution in [0.3, 0.4) is 0 Å². The molecule has 1 aromatic heterocycles. The largest absolute Gasteiger partial charge is 0.451 e. The number of benzene rings is 2. The molecule has 0 fully saturated rings. The summed E-state index contributed by atoms with van der Waals surface area (Å²) in [5.41, 5.74) is 2.83. The maximum Gasteiger partial charge on any atom is 0.338 e. The molecule has 26 heavy (non-hydrogen) atoms. The molecule has 1 heterocycles. The fourth-order valence-electron chi connectivity index (χ4n) is 2.51. The van der Waals surface area contributed by atoms with E-state index in [0.29, 0.717) is 11.1 Å². The van der Waals surface area contributed by atoms with E-state index < -0.39 is 12.1 Å². The quantitative estimate of drug-likeness (QED) is 0.504. The van der Waals surface area contributed by atoms with Crippen molar-refractivity contribution in [2.45, 2.75) is 26.4 Å². The molecule has 0 aliphatic rings. The van der Waals surface area contributed by atoms with Crippen molar-refractivity contribution in [3.63, 3.8) is 0 Å². The summed E-state index contributed by atoms with van der Waals surface area (Å²) in [7, 11) is 0. The van der Waals surface area contributed by atoms with Gasteiger partial charge in [0.05, 0.1) is 11.3 Å². The Hall–Kier alpha value is -3.28. The average molecular weight is 349 g/mol. The first kappa shape index (κ1) is 17.5. The summed E-state index contributed by atoms with van der Waals surface area (Å²) in [6.07, 6.45) is 3.05. The molecule has 0 aliphatic heterocycles. The second kappa shape index (κ2) is 7.74. The Bertz CT molecular complexity index is 885. The van der Waals surface area contributed by atoms with Gasteiger partial charge in [0.2, 0.25) is 5.78 Å². The molecule has 0 bridgehead atoms. The fourth-order valence-corrected chi connectivity index (χ4v) is 2.51. The monoisotopic (exact) mass is 349 g/mol. The van der Waals surface area contributed by atoms with Gasteiger partial charge in [0.15, 0.2) is 6.10 Å². The molecule has 0 N–H and O–H groups in total. The second-order valence-electron chi connectivity index (χ2n) is 5.85. The van der Waals surface area contributed by atoms with E-state index in [0.717, 1.165) is 17.7 Å². The predicted octanol–water partition coefficient (Wildman–Crippen LogP) is 3.26. The molecule has 0 aliphatic carbocycles. The first-order valence-electron chi connectivity index (χ1n) is 8.37. The van der Waals surface area contributed by atoms with Crippen LogP contribution in [0.15, 0.2) is 61.2 Å². The highest BCUT2D eigenvalue weighted by molar-refractivity contribution is 6.01. The van der Waals surface area contributed by atoms with Crippen molar-refractivity contribution in [3.8, 4) is 5.69 Å². The molecule has 3 aromatic rings. The summed E-state index contributed by atoms with van der Waals surface area (Å²) in [6.45, 7) is 3.63. The van der Waals surface area contributed by atoms with Crippen LogP contribution in [0.5, 0.6) is 0 Å². The molecule has 6 nitrogen and oxygen atoms in total. The van der Waals surface area contributed by atoms with Crippen molar-refractivity contribution in [1.82, 2.24) is 14.8 Å². The van der Waals surface area contributed by atoms with Crippen molar-refractivity contribution < 1.29 is 14.3 Å². The van der Waals surface area contributed by atoms with E-state index in [1.165, 1.54) is 6.33 Å². The van der Waals surface area contributed by atoms with Crippen molar-refractivity contribution in [2.24, 2.45) is 0 Å². The third kappa shape index (κ3) is 3.85. The van der Waals surface area contributed by atoms with Gasteiger partial charge in [0.25, 0.3) is 0 Å². The lowest BCUT2D eigenvalue weighted by Crippen LogP contribution is -2.24. The van der Waals surface area contributed by atoms with Crippen LogP contribution < -0.4 is 0 Å². The second-order valence-corrected chi connectivity index (χ2v) is 5.85. The highest BCUT2D eigenvalue weighted by Crippen LogP contribution is 2.13. The molecule has 1 atom stereocenters. The number of carbonyl (C=O) groups excluding carboxylic acids is 2. The normalized spacial score (nSPS) is 11.8. The Labute approximate surface area is 151 Å². The zero-order valence-corrected chi connectivity index (χ0v) is 14.6. The van der Waals surface area contributed by atoms with Crippen molar-refractivity contribution >= 4 is 11.8 Å². The van der Waals surface area contributed by atoms with E-state index in [4.69, 9.17) is 4.74 Å². The number of Topliss-reactive ketones (excluding diaryl/α,β-unsaturated/α-hetero) is 1. The predicted molar refractivity (Wildman–Crippen MR) is 96.4 cm³/mol. The molecule has 0 amide bonds. The molecule has 0 spiro atoms. The van der Waals surface area contributed by atoms with Crippen molar-refractivity contribution in [1.29, 1.82) is 0 Å². The summed E-state index contributed by atoms with van der Waals surface area (Å²) in [4.78, 5) is 28.6. The van der Waals surface area contributed by atoms with Gasteiger partial charge in [0.1, 0.15) is 12.7 Å². The van der Waals surface area contributed by atoms with Crippen LogP contribution in [0.25, 0.3) is 5.69 Å². The van der Waals surface area contributed by atoms with Crippen LogP contribution in [0.1, 0.15) is 40.1 Å². The van der Waals surface area contributed by atoms with Crippen molar-refractivity contribution in [2.75, 3.05) is 0 Å². The van der Waals surface area contributed by atoms with Crippen LogP contribution in [0, 0.1) is 0 Å². The first-order valence-corrected chi connectivity index (χ1v) is 8.37. The summed E-state index contributed by atoms with van der Waals surface area (Å²) < 4.78 is 6.90. The third-order valence-corrected chi connectivity index (χ3v) is 4.09. The van der Waals surface area contributed by atoms with Gasteiger partial charge in [-0.15, -0.1) is 0 Å². The summed E-state index contributed by atoms with van der Waals surface area (Å²) >= 11 is 0. The van der Waals surface area contributed by atoms with Crippen LogP contribution in [-0.4, -0.2) is 32.6 Å². The van der Waals surface area contributed by atoms with Gasteiger partial charge in [-0.1, -0.05) is 31.2 Å². The number of rotatable bonds is 6. The van der Waals surface area contributed by atoms with Crippen molar-refractivity contribution in [3.05, 3.63) is 77.9 Å².